The topological polar surface area (TPSA) is 83.5 Å². The van der Waals surface area contributed by atoms with E-state index in [1.54, 1.807) is 0 Å². The van der Waals surface area contributed by atoms with Crippen molar-refractivity contribution in [1.82, 2.24) is 0 Å². The van der Waals surface area contributed by atoms with Gasteiger partial charge in [-0.25, -0.2) is 0 Å². The number of aryl methyl sites for hydroxylation is 1. The van der Waals surface area contributed by atoms with E-state index in [0.29, 0.717) is 51.1 Å². The third kappa shape index (κ3) is 5.11. The van der Waals surface area contributed by atoms with Crippen molar-refractivity contribution in [3.05, 3.63) is 70.8 Å². The van der Waals surface area contributed by atoms with Crippen molar-refractivity contribution in [3.63, 3.8) is 0 Å². The molecule has 36 heavy (non-hydrogen) atoms. The molecule has 5 rings (SSSR count). The van der Waals surface area contributed by atoms with E-state index in [4.69, 9.17) is 28.8 Å². The molecule has 0 amide bonds. The predicted molar refractivity (Wildman–Crippen MR) is 134 cm³/mol. The van der Waals surface area contributed by atoms with E-state index < -0.39 is 5.97 Å². The molecule has 0 saturated carbocycles. The van der Waals surface area contributed by atoms with Gasteiger partial charge in [-0.3, -0.25) is 4.79 Å². The highest BCUT2D eigenvalue weighted by molar-refractivity contribution is 5.79. The number of carbonyl (C=O) groups is 1. The van der Waals surface area contributed by atoms with Crippen molar-refractivity contribution in [3.8, 4) is 34.1 Å². The Morgan fingerprint density at radius 2 is 1.89 bits per heavy atom. The predicted octanol–water partition coefficient (Wildman–Crippen LogP) is 5.50. The van der Waals surface area contributed by atoms with Crippen molar-refractivity contribution >= 4 is 5.97 Å². The smallest absolute Gasteiger partial charge is 0.304 e. The summed E-state index contributed by atoms with van der Waals surface area (Å²) in [7, 11) is 0. The second kappa shape index (κ2) is 10.5. The van der Waals surface area contributed by atoms with E-state index >= 15 is 0 Å². The summed E-state index contributed by atoms with van der Waals surface area (Å²) < 4.78 is 29.0. The molecule has 2 heterocycles. The van der Waals surface area contributed by atoms with Gasteiger partial charge in [0.15, 0.2) is 0 Å². The van der Waals surface area contributed by atoms with Gasteiger partial charge >= 0.3 is 5.97 Å². The second-order valence-corrected chi connectivity index (χ2v) is 9.03. The fourth-order valence-electron chi connectivity index (χ4n) is 4.81. The molecule has 0 spiro atoms. The Hall–Kier alpha value is -3.71. The molecule has 0 aliphatic carbocycles. The first kappa shape index (κ1) is 24.0. The van der Waals surface area contributed by atoms with Gasteiger partial charge in [0.25, 0.3) is 0 Å². The molecule has 1 unspecified atom stereocenters. The minimum absolute atomic E-state index is 0.0617. The summed E-state index contributed by atoms with van der Waals surface area (Å²) in [4.78, 5) is 11.1. The Morgan fingerprint density at radius 1 is 1.00 bits per heavy atom. The number of aliphatic carboxylic acids is 1. The van der Waals surface area contributed by atoms with Crippen LogP contribution in [0.25, 0.3) is 11.1 Å². The normalized spacial score (nSPS) is 15.2. The van der Waals surface area contributed by atoms with Crippen LogP contribution in [0, 0.1) is 6.92 Å². The molecule has 7 heteroatoms. The fraction of sp³-hybridized carbons (Fsp3) is 0.345. The fourth-order valence-corrected chi connectivity index (χ4v) is 4.81. The Labute approximate surface area is 210 Å². The van der Waals surface area contributed by atoms with E-state index in [2.05, 4.69) is 19.1 Å². The number of rotatable bonds is 10. The first-order valence-corrected chi connectivity index (χ1v) is 12.2. The summed E-state index contributed by atoms with van der Waals surface area (Å²) in [5, 5.41) is 9.09. The number of hydrogen-bond donors (Lipinski definition) is 1. The molecular formula is C29H30O7. The monoisotopic (exact) mass is 490 g/mol. The lowest BCUT2D eigenvalue weighted by Crippen LogP contribution is -2.10. The van der Waals surface area contributed by atoms with Gasteiger partial charge < -0.3 is 28.8 Å². The number of benzene rings is 3. The van der Waals surface area contributed by atoms with E-state index in [1.807, 2.05) is 43.3 Å². The van der Waals surface area contributed by atoms with Gasteiger partial charge in [-0.2, -0.15) is 0 Å². The average Bonchev–Trinajstić information content (AvgIpc) is 3.26. The molecule has 2 aliphatic heterocycles. The van der Waals surface area contributed by atoms with Crippen molar-refractivity contribution in [2.24, 2.45) is 0 Å². The van der Waals surface area contributed by atoms with Crippen LogP contribution in [0.2, 0.25) is 0 Å². The van der Waals surface area contributed by atoms with Gasteiger partial charge in [-0.15, -0.1) is 0 Å². The largest absolute Gasteiger partial charge is 0.492 e. The maximum Gasteiger partial charge on any atom is 0.304 e. The van der Waals surface area contributed by atoms with Gasteiger partial charge in [-0.05, 0) is 60.9 Å². The molecule has 0 fully saturated rings. The molecule has 0 radical (unpaired) electrons. The van der Waals surface area contributed by atoms with Gasteiger partial charge in [0.1, 0.15) is 42.8 Å². The molecule has 1 atom stereocenters. The minimum atomic E-state index is -0.824. The van der Waals surface area contributed by atoms with E-state index in [9.17, 15) is 4.79 Å². The maximum absolute atomic E-state index is 11.1. The van der Waals surface area contributed by atoms with Crippen molar-refractivity contribution in [2.45, 2.75) is 39.4 Å². The summed E-state index contributed by atoms with van der Waals surface area (Å²) in [6, 6.07) is 15.8. The van der Waals surface area contributed by atoms with Crippen LogP contribution in [0.1, 0.15) is 41.5 Å². The van der Waals surface area contributed by atoms with Crippen LogP contribution in [0.15, 0.2) is 48.5 Å². The summed E-state index contributed by atoms with van der Waals surface area (Å²) in [5.74, 6) is 2.11. The summed E-state index contributed by atoms with van der Waals surface area (Å²) >= 11 is 0. The number of carboxylic acid groups (broad SMARTS) is 1. The number of fused-ring (bicyclic) bond motifs is 4. The lowest BCUT2D eigenvalue weighted by molar-refractivity contribution is -0.137. The van der Waals surface area contributed by atoms with Crippen LogP contribution in [-0.4, -0.2) is 37.5 Å². The van der Waals surface area contributed by atoms with Crippen LogP contribution in [0.4, 0.5) is 0 Å². The zero-order chi connectivity index (χ0) is 25.1. The highest BCUT2D eigenvalue weighted by atomic mass is 16.5. The molecule has 3 aromatic rings. The van der Waals surface area contributed by atoms with E-state index in [1.165, 1.54) is 5.56 Å². The van der Waals surface area contributed by atoms with Gasteiger partial charge in [0.05, 0.1) is 19.6 Å². The maximum atomic E-state index is 11.1. The first-order chi connectivity index (χ1) is 17.5. The summed E-state index contributed by atoms with van der Waals surface area (Å²) in [6.07, 6.45) is 0.0617. The highest BCUT2D eigenvalue weighted by Gasteiger charge is 2.27. The number of ether oxygens (including phenoxy) is 5. The number of carboxylic acids is 1. The highest BCUT2D eigenvalue weighted by Crippen LogP contribution is 2.42. The third-order valence-electron chi connectivity index (χ3n) is 6.48. The van der Waals surface area contributed by atoms with Crippen molar-refractivity contribution < 1.29 is 33.6 Å². The zero-order valence-electron chi connectivity index (χ0n) is 20.5. The van der Waals surface area contributed by atoms with Gasteiger partial charge in [0, 0.05) is 35.3 Å². The standard InChI is InChI=1S/C29H30O7/c1-3-32-8-9-33-23-10-18(2)29-21(12-23)17-35-26-7-4-19(11-25(26)29)15-34-22-5-6-24-20(13-28(30)31)16-36-27(24)14-22/h4-7,10-12,14,20H,3,8-9,13,15-17H2,1-2H3,(H,30,31). The first-order valence-electron chi connectivity index (χ1n) is 12.2. The third-order valence-corrected chi connectivity index (χ3v) is 6.48. The van der Waals surface area contributed by atoms with Crippen LogP contribution in [-0.2, 0) is 22.7 Å². The van der Waals surface area contributed by atoms with E-state index in [-0.39, 0.29) is 12.3 Å². The second-order valence-electron chi connectivity index (χ2n) is 9.03. The Kier molecular flexibility index (Phi) is 7.00. The lowest BCUT2D eigenvalue weighted by atomic mass is 9.91. The molecule has 2 aliphatic rings. The molecular weight excluding hydrogens is 460 g/mol. The van der Waals surface area contributed by atoms with Crippen LogP contribution in [0.3, 0.4) is 0 Å². The Bertz CT molecular complexity index is 1270. The minimum Gasteiger partial charge on any atom is -0.492 e. The van der Waals surface area contributed by atoms with Gasteiger partial charge in [0.2, 0.25) is 0 Å². The lowest BCUT2D eigenvalue weighted by Gasteiger charge is -2.24. The van der Waals surface area contributed by atoms with Crippen LogP contribution in [0.5, 0.6) is 23.0 Å². The van der Waals surface area contributed by atoms with Crippen LogP contribution >= 0.6 is 0 Å². The van der Waals surface area contributed by atoms with Crippen molar-refractivity contribution in [1.29, 1.82) is 0 Å². The molecule has 7 nitrogen and oxygen atoms in total. The molecule has 3 aromatic carbocycles. The molecule has 0 bridgehead atoms. The molecule has 1 N–H and O–H groups in total. The van der Waals surface area contributed by atoms with Crippen molar-refractivity contribution in [2.75, 3.05) is 26.4 Å². The molecule has 0 saturated heterocycles. The summed E-state index contributed by atoms with van der Waals surface area (Å²) in [6.45, 7) is 7.08. The molecule has 188 valence electrons. The van der Waals surface area contributed by atoms with Crippen LogP contribution < -0.4 is 18.9 Å². The SMILES string of the molecule is CCOCCOc1cc(C)c2c(c1)COc1ccc(COc3ccc4c(c3)OCC4CC(=O)O)cc1-2. The quantitative estimate of drug-likeness (QED) is 0.376. The Balaban J connectivity index is 1.30. The molecule has 0 aromatic heterocycles. The van der Waals surface area contributed by atoms with E-state index in [0.717, 1.165) is 39.3 Å². The summed E-state index contributed by atoms with van der Waals surface area (Å²) in [5.41, 5.74) is 6.39. The average molecular weight is 491 g/mol. The number of hydrogen-bond acceptors (Lipinski definition) is 6. The van der Waals surface area contributed by atoms with Gasteiger partial charge in [-0.1, -0.05) is 12.1 Å². The zero-order valence-corrected chi connectivity index (χ0v) is 20.5. The Morgan fingerprint density at radius 3 is 2.72 bits per heavy atom.